The SMILES string of the molecule is CNC(=O)c1ccc(N2CCN(Cc3ccc4c(=O)n(C5CC5)c(=O)[nH]c4c3F)CC2)c(F)n1. The first kappa shape index (κ1) is 22.2. The van der Waals surface area contributed by atoms with E-state index in [0.29, 0.717) is 44.0 Å². The van der Waals surface area contributed by atoms with E-state index < -0.39 is 28.9 Å². The number of nitrogens with zero attached hydrogens (tertiary/aromatic N) is 4. The van der Waals surface area contributed by atoms with Gasteiger partial charge in [-0.15, -0.1) is 0 Å². The number of aromatic amines is 1. The van der Waals surface area contributed by atoms with Gasteiger partial charge in [-0.3, -0.25) is 19.1 Å². The number of rotatable bonds is 5. The zero-order valence-electron chi connectivity index (χ0n) is 18.6. The number of hydrogen-bond donors (Lipinski definition) is 2. The molecule has 0 radical (unpaired) electrons. The average Bonchev–Trinajstić information content (AvgIpc) is 3.66. The van der Waals surface area contributed by atoms with Crippen LogP contribution in [-0.2, 0) is 6.54 Å². The van der Waals surface area contributed by atoms with Crippen LogP contribution in [0.25, 0.3) is 10.9 Å². The van der Waals surface area contributed by atoms with E-state index in [4.69, 9.17) is 0 Å². The molecule has 1 saturated heterocycles. The summed E-state index contributed by atoms with van der Waals surface area (Å²) < 4.78 is 30.9. The van der Waals surface area contributed by atoms with E-state index in [9.17, 15) is 18.8 Å². The van der Waals surface area contributed by atoms with Crippen molar-refractivity contribution in [2.75, 3.05) is 38.1 Å². The van der Waals surface area contributed by atoms with Crippen molar-refractivity contribution in [3.8, 4) is 0 Å². The van der Waals surface area contributed by atoms with Crippen molar-refractivity contribution in [3.05, 3.63) is 68.1 Å². The first-order chi connectivity index (χ1) is 16.4. The molecule has 34 heavy (non-hydrogen) atoms. The molecule has 1 amide bonds. The van der Waals surface area contributed by atoms with Crippen LogP contribution in [0, 0.1) is 11.8 Å². The van der Waals surface area contributed by atoms with Gasteiger partial charge in [0.1, 0.15) is 5.69 Å². The molecular weight excluding hydrogens is 446 g/mol. The number of piperazine rings is 1. The summed E-state index contributed by atoms with van der Waals surface area (Å²) in [5.74, 6) is -1.77. The van der Waals surface area contributed by atoms with Crippen LogP contribution in [0.4, 0.5) is 14.5 Å². The molecule has 1 aliphatic carbocycles. The molecular formula is C23H24F2N6O3. The molecule has 1 saturated carbocycles. The van der Waals surface area contributed by atoms with Gasteiger partial charge in [-0.2, -0.15) is 4.39 Å². The number of pyridine rings is 1. The highest BCUT2D eigenvalue weighted by Crippen LogP contribution is 2.32. The van der Waals surface area contributed by atoms with Crippen LogP contribution in [0.1, 0.15) is 34.9 Å². The maximum Gasteiger partial charge on any atom is 0.329 e. The van der Waals surface area contributed by atoms with E-state index in [1.165, 1.54) is 23.7 Å². The van der Waals surface area contributed by atoms with Gasteiger partial charge in [0.05, 0.1) is 16.6 Å². The molecule has 0 unspecified atom stereocenters. The normalized spacial score (nSPS) is 16.7. The maximum absolute atomic E-state index is 15.2. The fourth-order valence-electron chi connectivity index (χ4n) is 4.40. The van der Waals surface area contributed by atoms with Crippen LogP contribution in [-0.4, -0.2) is 58.6 Å². The zero-order chi connectivity index (χ0) is 24.0. The quantitative estimate of drug-likeness (QED) is 0.547. The van der Waals surface area contributed by atoms with E-state index in [-0.39, 0.29) is 22.6 Å². The molecule has 0 bridgehead atoms. The molecule has 9 nitrogen and oxygen atoms in total. The average molecular weight is 470 g/mol. The van der Waals surface area contributed by atoms with E-state index in [0.717, 1.165) is 12.8 Å². The highest BCUT2D eigenvalue weighted by Gasteiger charge is 2.28. The highest BCUT2D eigenvalue weighted by atomic mass is 19.1. The van der Waals surface area contributed by atoms with Gasteiger partial charge < -0.3 is 15.2 Å². The topological polar surface area (TPSA) is 103 Å². The lowest BCUT2D eigenvalue weighted by molar-refractivity contribution is 0.0957. The van der Waals surface area contributed by atoms with Crippen molar-refractivity contribution in [2.24, 2.45) is 0 Å². The minimum absolute atomic E-state index is 0.0103. The Bertz CT molecular complexity index is 1390. The minimum Gasteiger partial charge on any atom is -0.365 e. The van der Waals surface area contributed by atoms with Crippen molar-refractivity contribution in [1.82, 2.24) is 24.8 Å². The zero-order valence-corrected chi connectivity index (χ0v) is 18.6. The Labute approximate surface area is 193 Å². The van der Waals surface area contributed by atoms with Gasteiger partial charge in [-0.05, 0) is 31.0 Å². The number of carbonyl (C=O) groups excluding carboxylic acids is 1. The largest absolute Gasteiger partial charge is 0.365 e. The van der Waals surface area contributed by atoms with Crippen LogP contribution in [0.15, 0.2) is 33.9 Å². The van der Waals surface area contributed by atoms with Crippen molar-refractivity contribution in [3.63, 3.8) is 0 Å². The third-order valence-corrected chi connectivity index (χ3v) is 6.43. The standard InChI is InChI=1S/C23H24F2N6O3/c1-26-21(32)16-6-7-17(20(25)27-16)30-10-8-29(9-11-30)12-13-2-5-15-19(18(13)24)28-23(34)31(22(15)33)14-3-4-14/h2,5-7,14H,3-4,8-12H2,1H3,(H,26,32)(H,28,34). The third kappa shape index (κ3) is 3.96. The number of hydrogen-bond acceptors (Lipinski definition) is 6. The number of H-pyrrole nitrogens is 1. The molecule has 2 N–H and O–H groups in total. The number of benzene rings is 1. The molecule has 3 aromatic rings. The summed E-state index contributed by atoms with van der Waals surface area (Å²) in [6.45, 7) is 2.38. The third-order valence-electron chi connectivity index (χ3n) is 6.43. The molecule has 1 aromatic carbocycles. The summed E-state index contributed by atoms with van der Waals surface area (Å²) >= 11 is 0. The van der Waals surface area contributed by atoms with E-state index in [2.05, 4.69) is 15.3 Å². The van der Waals surface area contributed by atoms with Crippen LogP contribution in [0.2, 0.25) is 0 Å². The lowest BCUT2D eigenvalue weighted by atomic mass is 10.1. The van der Waals surface area contributed by atoms with E-state index in [1.54, 1.807) is 12.1 Å². The van der Waals surface area contributed by atoms with Crippen LogP contribution >= 0.6 is 0 Å². The van der Waals surface area contributed by atoms with Gasteiger partial charge in [0.2, 0.25) is 5.95 Å². The number of nitrogens with one attached hydrogen (secondary N) is 2. The maximum atomic E-state index is 15.2. The van der Waals surface area contributed by atoms with Gasteiger partial charge in [0, 0.05) is 51.4 Å². The molecule has 178 valence electrons. The number of amides is 1. The predicted molar refractivity (Wildman–Crippen MR) is 122 cm³/mol. The Morgan fingerprint density at radius 2 is 1.85 bits per heavy atom. The van der Waals surface area contributed by atoms with Crippen LogP contribution in [0.5, 0.6) is 0 Å². The van der Waals surface area contributed by atoms with Gasteiger partial charge >= 0.3 is 5.69 Å². The second kappa shape index (κ2) is 8.64. The molecule has 2 aromatic heterocycles. The lowest BCUT2D eigenvalue weighted by Crippen LogP contribution is -2.46. The summed E-state index contributed by atoms with van der Waals surface area (Å²) in [4.78, 5) is 46.8. The molecule has 1 aliphatic heterocycles. The number of aromatic nitrogens is 3. The molecule has 5 rings (SSSR count). The van der Waals surface area contributed by atoms with Crippen molar-refractivity contribution < 1.29 is 13.6 Å². The highest BCUT2D eigenvalue weighted by molar-refractivity contribution is 5.92. The first-order valence-corrected chi connectivity index (χ1v) is 11.2. The summed E-state index contributed by atoms with van der Waals surface area (Å²) in [6.07, 6.45) is 1.55. The van der Waals surface area contributed by atoms with Crippen LogP contribution < -0.4 is 21.5 Å². The molecule has 0 spiro atoms. The molecule has 2 aliphatic rings. The Morgan fingerprint density at radius 3 is 2.50 bits per heavy atom. The van der Waals surface area contributed by atoms with E-state index in [1.807, 2.05) is 9.80 Å². The Hall–Kier alpha value is -3.60. The van der Waals surface area contributed by atoms with Crippen molar-refractivity contribution >= 4 is 22.5 Å². The van der Waals surface area contributed by atoms with E-state index >= 15 is 4.39 Å². The van der Waals surface area contributed by atoms with Gasteiger partial charge in [-0.25, -0.2) is 14.2 Å². The fraction of sp³-hybridized carbons (Fsp3) is 0.391. The molecule has 2 fully saturated rings. The van der Waals surface area contributed by atoms with Crippen molar-refractivity contribution in [1.29, 1.82) is 0 Å². The molecule has 11 heteroatoms. The number of halogens is 2. The Balaban J connectivity index is 1.30. The molecule has 0 atom stereocenters. The number of anilines is 1. The number of fused-ring (bicyclic) bond motifs is 1. The molecule has 3 heterocycles. The summed E-state index contributed by atoms with van der Waals surface area (Å²) in [7, 11) is 1.45. The Kier molecular flexibility index (Phi) is 5.64. The summed E-state index contributed by atoms with van der Waals surface area (Å²) in [5.41, 5.74) is -0.402. The van der Waals surface area contributed by atoms with Gasteiger partial charge in [0.15, 0.2) is 5.82 Å². The van der Waals surface area contributed by atoms with Gasteiger partial charge in [-0.1, -0.05) is 6.07 Å². The van der Waals surface area contributed by atoms with Crippen LogP contribution in [0.3, 0.4) is 0 Å². The lowest BCUT2D eigenvalue weighted by Gasteiger charge is -2.36. The minimum atomic E-state index is -0.712. The smallest absolute Gasteiger partial charge is 0.329 e. The summed E-state index contributed by atoms with van der Waals surface area (Å²) in [5, 5.41) is 2.58. The summed E-state index contributed by atoms with van der Waals surface area (Å²) in [6, 6.07) is 6.07. The number of carbonyl (C=O) groups is 1. The van der Waals surface area contributed by atoms with Gasteiger partial charge in [0.25, 0.3) is 11.5 Å². The second-order valence-corrected chi connectivity index (χ2v) is 8.65. The second-order valence-electron chi connectivity index (χ2n) is 8.65. The first-order valence-electron chi connectivity index (χ1n) is 11.2. The fourth-order valence-corrected chi connectivity index (χ4v) is 4.40. The predicted octanol–water partition coefficient (Wildman–Crippen LogP) is 1.38. The monoisotopic (exact) mass is 470 g/mol. The Morgan fingerprint density at radius 1 is 1.12 bits per heavy atom. The van der Waals surface area contributed by atoms with Crippen molar-refractivity contribution in [2.45, 2.75) is 25.4 Å².